The van der Waals surface area contributed by atoms with Crippen molar-refractivity contribution in [2.75, 3.05) is 12.2 Å². The third-order valence-corrected chi connectivity index (χ3v) is 4.40. The maximum Gasteiger partial charge on any atom is 0.490 e. The Morgan fingerprint density at radius 1 is 1.10 bits per heavy atom. The van der Waals surface area contributed by atoms with E-state index in [1.165, 1.54) is 0 Å². The first-order valence-corrected chi connectivity index (χ1v) is 8.07. The van der Waals surface area contributed by atoms with Gasteiger partial charge in [-0.05, 0) is 29.2 Å². The molecule has 0 N–H and O–H groups in total. The lowest BCUT2D eigenvalue weighted by Crippen LogP contribution is -2.25. The molecule has 0 unspecified atom stereocenters. The summed E-state index contributed by atoms with van der Waals surface area (Å²) in [5.41, 5.74) is 0. The molecule has 0 aliphatic carbocycles. The van der Waals surface area contributed by atoms with E-state index in [0.717, 1.165) is 32.3 Å². The fraction of sp³-hybridized carbons (Fsp3) is 0.214. The van der Waals surface area contributed by atoms with Crippen LogP contribution in [0.3, 0.4) is 0 Å². The van der Waals surface area contributed by atoms with E-state index in [4.69, 9.17) is 0 Å². The summed E-state index contributed by atoms with van der Waals surface area (Å²) >= 11 is 2.66. The first-order chi connectivity index (χ1) is 9.93. The van der Waals surface area contributed by atoms with E-state index >= 15 is 0 Å². The number of thioether (sulfide) groups is 2. The van der Waals surface area contributed by atoms with Crippen LogP contribution in [-0.2, 0) is 9.53 Å². The molecule has 2 aromatic carbocycles. The molecule has 2 nitrogen and oxygen atoms in total. The maximum atomic E-state index is 12.0. The van der Waals surface area contributed by atoms with Crippen LogP contribution in [0, 0.1) is 0 Å². The summed E-state index contributed by atoms with van der Waals surface area (Å²) < 4.78 is 40.3. The number of fused-ring (bicyclic) bond motifs is 1. The minimum atomic E-state index is -4.95. The lowest BCUT2D eigenvalue weighted by molar-refractivity contribution is -0.197. The Balaban J connectivity index is 2.15. The van der Waals surface area contributed by atoms with Gasteiger partial charge in [0.05, 0.1) is 0 Å². The topological polar surface area (TPSA) is 26.3 Å². The first kappa shape index (κ1) is 16.0. The number of halogens is 3. The number of rotatable bonds is 4. The highest BCUT2D eigenvalue weighted by Crippen LogP contribution is 2.34. The molecule has 0 atom stereocenters. The van der Waals surface area contributed by atoms with Gasteiger partial charge in [0.1, 0.15) is 5.94 Å². The summed E-state index contributed by atoms with van der Waals surface area (Å²) in [4.78, 5) is 12.5. The van der Waals surface area contributed by atoms with E-state index in [9.17, 15) is 18.0 Å². The molecule has 0 bridgehead atoms. The van der Waals surface area contributed by atoms with Crippen molar-refractivity contribution in [2.24, 2.45) is 0 Å². The predicted octanol–water partition coefficient (Wildman–Crippen LogP) is 4.72. The second kappa shape index (κ2) is 6.62. The summed E-state index contributed by atoms with van der Waals surface area (Å²) in [7, 11) is 0. The Kier molecular flexibility index (Phi) is 5.05. The van der Waals surface area contributed by atoms with Crippen LogP contribution in [0.2, 0.25) is 0 Å². The number of carbonyl (C=O) groups is 1. The lowest BCUT2D eigenvalue weighted by atomic mass is 10.1. The van der Waals surface area contributed by atoms with Gasteiger partial charge >= 0.3 is 12.1 Å². The maximum absolute atomic E-state index is 12.0. The number of hydrogen-bond acceptors (Lipinski definition) is 4. The molecule has 0 aliphatic heterocycles. The summed E-state index contributed by atoms with van der Waals surface area (Å²) in [5.74, 6) is -2.54. The van der Waals surface area contributed by atoms with Gasteiger partial charge in [0, 0.05) is 9.79 Å². The average molecular weight is 332 g/mol. The molecular weight excluding hydrogens is 321 g/mol. The fourth-order valence-corrected chi connectivity index (χ4v) is 3.17. The Morgan fingerprint density at radius 3 is 2.24 bits per heavy atom. The standard InChI is InChI=1S/C14H11F3O2S2/c1-20-11-6-7-12(10-5-3-2-4-9(10)11)21-8-19-13(18)14(15,16)17/h2-7H,8H2,1H3. The molecule has 0 saturated heterocycles. The van der Waals surface area contributed by atoms with Crippen molar-refractivity contribution in [2.45, 2.75) is 16.0 Å². The van der Waals surface area contributed by atoms with Crippen LogP contribution in [0.15, 0.2) is 46.2 Å². The van der Waals surface area contributed by atoms with Crippen LogP contribution in [0.1, 0.15) is 0 Å². The molecule has 7 heteroatoms. The normalized spacial score (nSPS) is 11.6. The summed E-state index contributed by atoms with van der Waals surface area (Å²) in [5, 5.41) is 1.95. The Hall–Kier alpha value is -1.34. The quantitative estimate of drug-likeness (QED) is 0.460. The Morgan fingerprint density at radius 2 is 1.67 bits per heavy atom. The SMILES string of the molecule is CSc1ccc(SCOC(=O)C(F)(F)F)c2ccccc12. The molecule has 0 spiro atoms. The number of hydrogen-bond donors (Lipinski definition) is 0. The van der Waals surface area contributed by atoms with Crippen LogP contribution in [0.25, 0.3) is 10.8 Å². The van der Waals surface area contributed by atoms with Crippen molar-refractivity contribution >= 4 is 40.3 Å². The zero-order valence-corrected chi connectivity index (χ0v) is 12.6. The molecule has 0 aliphatic rings. The number of benzene rings is 2. The third kappa shape index (κ3) is 3.85. The van der Waals surface area contributed by atoms with Gasteiger partial charge in [-0.15, -0.1) is 11.8 Å². The zero-order chi connectivity index (χ0) is 15.5. The smallest absolute Gasteiger partial charge is 0.448 e. The zero-order valence-electron chi connectivity index (χ0n) is 10.9. The minimum absolute atomic E-state index is 0.374. The van der Waals surface area contributed by atoms with Crippen LogP contribution in [-0.4, -0.2) is 24.3 Å². The van der Waals surface area contributed by atoms with Gasteiger partial charge < -0.3 is 4.74 Å². The van der Waals surface area contributed by atoms with Gasteiger partial charge in [-0.3, -0.25) is 0 Å². The van der Waals surface area contributed by atoms with Gasteiger partial charge in [-0.2, -0.15) is 13.2 Å². The van der Waals surface area contributed by atoms with E-state index in [-0.39, 0.29) is 5.94 Å². The van der Waals surface area contributed by atoms with Crippen molar-refractivity contribution < 1.29 is 22.7 Å². The Labute approximate surface area is 128 Å². The number of carbonyl (C=O) groups excluding carboxylic acids is 1. The molecule has 2 aromatic rings. The lowest BCUT2D eigenvalue weighted by Gasteiger charge is -2.10. The largest absolute Gasteiger partial charge is 0.490 e. The third-order valence-electron chi connectivity index (χ3n) is 2.70. The van der Waals surface area contributed by atoms with Gasteiger partial charge in [0.2, 0.25) is 0 Å². The highest BCUT2D eigenvalue weighted by molar-refractivity contribution is 7.99. The highest BCUT2D eigenvalue weighted by Gasteiger charge is 2.40. The molecule has 0 aromatic heterocycles. The van der Waals surface area contributed by atoms with Crippen molar-refractivity contribution in [3.05, 3.63) is 36.4 Å². The summed E-state index contributed by atoms with van der Waals surface area (Å²) in [6.07, 6.45) is -3.00. The van der Waals surface area contributed by atoms with E-state index in [2.05, 4.69) is 4.74 Å². The molecule has 0 heterocycles. The van der Waals surface area contributed by atoms with Gasteiger partial charge in [-0.1, -0.05) is 36.0 Å². The van der Waals surface area contributed by atoms with Gasteiger partial charge in [-0.25, -0.2) is 4.79 Å². The molecule has 112 valence electrons. The number of alkyl halides is 3. The second-order valence-electron chi connectivity index (χ2n) is 4.00. The van der Waals surface area contributed by atoms with E-state index < -0.39 is 12.1 Å². The minimum Gasteiger partial charge on any atom is -0.448 e. The summed E-state index contributed by atoms with van der Waals surface area (Å²) in [6, 6.07) is 11.3. The summed E-state index contributed by atoms with van der Waals surface area (Å²) in [6.45, 7) is 0. The predicted molar refractivity (Wildman–Crippen MR) is 78.6 cm³/mol. The van der Waals surface area contributed by atoms with Crippen LogP contribution < -0.4 is 0 Å². The molecule has 2 rings (SSSR count). The monoisotopic (exact) mass is 332 g/mol. The molecule has 0 amide bonds. The van der Waals surface area contributed by atoms with Crippen molar-refractivity contribution in [3.8, 4) is 0 Å². The number of ether oxygens (including phenoxy) is 1. The molecular formula is C14H11F3O2S2. The van der Waals surface area contributed by atoms with E-state index in [1.807, 2.05) is 42.7 Å². The van der Waals surface area contributed by atoms with Crippen molar-refractivity contribution in [1.82, 2.24) is 0 Å². The highest BCUT2D eigenvalue weighted by atomic mass is 32.2. The van der Waals surface area contributed by atoms with Crippen LogP contribution >= 0.6 is 23.5 Å². The molecule has 0 fully saturated rings. The van der Waals surface area contributed by atoms with E-state index in [0.29, 0.717) is 0 Å². The molecule has 0 radical (unpaired) electrons. The Bertz CT molecular complexity index is 656. The van der Waals surface area contributed by atoms with Crippen LogP contribution in [0.5, 0.6) is 0 Å². The first-order valence-electron chi connectivity index (χ1n) is 5.86. The molecule has 21 heavy (non-hydrogen) atoms. The van der Waals surface area contributed by atoms with E-state index in [1.54, 1.807) is 11.8 Å². The fourth-order valence-electron chi connectivity index (χ4n) is 1.78. The van der Waals surface area contributed by atoms with Crippen LogP contribution in [0.4, 0.5) is 13.2 Å². The van der Waals surface area contributed by atoms with Gasteiger partial charge in [0.25, 0.3) is 0 Å². The number of esters is 1. The van der Waals surface area contributed by atoms with Crippen molar-refractivity contribution in [1.29, 1.82) is 0 Å². The van der Waals surface area contributed by atoms with Crippen molar-refractivity contribution in [3.63, 3.8) is 0 Å². The molecule has 0 saturated carbocycles. The second-order valence-corrected chi connectivity index (χ2v) is 5.82. The average Bonchev–Trinajstić information content (AvgIpc) is 2.46. The van der Waals surface area contributed by atoms with Gasteiger partial charge in [0.15, 0.2) is 0 Å².